The minimum atomic E-state index is -0.0306. The maximum Gasteiger partial charge on any atom is 0.253 e. The first-order valence-corrected chi connectivity index (χ1v) is 9.28. The number of nitrogens with one attached hydrogen (secondary N) is 1. The molecule has 1 aromatic carbocycles. The van der Waals surface area contributed by atoms with Crippen LogP contribution >= 0.6 is 0 Å². The molecule has 140 valence electrons. The lowest BCUT2D eigenvalue weighted by atomic mass is 10.0. The minimum absolute atomic E-state index is 0.0119. The predicted molar refractivity (Wildman–Crippen MR) is 103 cm³/mol. The van der Waals surface area contributed by atoms with Gasteiger partial charge in [0.2, 0.25) is 0 Å². The third kappa shape index (κ3) is 3.53. The summed E-state index contributed by atoms with van der Waals surface area (Å²) in [5, 5.41) is 3.37. The fourth-order valence-electron chi connectivity index (χ4n) is 3.58. The Kier molecular flexibility index (Phi) is 5.07. The highest BCUT2D eigenvalue weighted by molar-refractivity contribution is 5.99. The number of carbonyl (C=O) groups excluding carboxylic acids is 1. The average molecular weight is 365 g/mol. The third-order valence-electron chi connectivity index (χ3n) is 4.86. The summed E-state index contributed by atoms with van der Waals surface area (Å²) in [7, 11) is 0. The van der Waals surface area contributed by atoms with E-state index < -0.39 is 0 Å². The third-order valence-corrected chi connectivity index (χ3v) is 4.86. The summed E-state index contributed by atoms with van der Waals surface area (Å²) < 4.78 is 11.5. The molecule has 1 amide bonds. The van der Waals surface area contributed by atoms with Crippen LogP contribution in [-0.4, -0.2) is 48.6 Å². The number of hydrogen-bond acceptors (Lipinski definition) is 5. The normalized spacial score (nSPS) is 18.9. The average Bonchev–Trinajstić information content (AvgIpc) is 2.74. The molecule has 1 atom stereocenters. The Morgan fingerprint density at radius 3 is 3.11 bits per heavy atom. The molecule has 1 saturated heterocycles. The van der Waals surface area contributed by atoms with Crippen molar-refractivity contribution in [3.63, 3.8) is 0 Å². The molecule has 0 aliphatic carbocycles. The van der Waals surface area contributed by atoms with Gasteiger partial charge >= 0.3 is 0 Å². The molecule has 6 nitrogen and oxygen atoms in total. The molecule has 2 aliphatic rings. The van der Waals surface area contributed by atoms with Crippen molar-refractivity contribution in [2.45, 2.75) is 13.0 Å². The van der Waals surface area contributed by atoms with Crippen LogP contribution in [0.2, 0.25) is 0 Å². The van der Waals surface area contributed by atoms with Crippen LogP contribution in [0.25, 0.3) is 6.08 Å². The number of benzene rings is 1. The highest BCUT2D eigenvalue weighted by Crippen LogP contribution is 2.36. The van der Waals surface area contributed by atoms with Gasteiger partial charge in [0.25, 0.3) is 5.91 Å². The van der Waals surface area contributed by atoms with Crippen LogP contribution < -0.4 is 14.8 Å². The lowest BCUT2D eigenvalue weighted by Gasteiger charge is -2.37. The van der Waals surface area contributed by atoms with Gasteiger partial charge in [0, 0.05) is 37.6 Å². The Bertz CT molecular complexity index is 851. The molecule has 4 rings (SSSR count). The first-order chi connectivity index (χ1) is 13.3. The lowest BCUT2D eigenvalue weighted by Crippen LogP contribution is -2.49. The second-order valence-electron chi connectivity index (χ2n) is 6.57. The quantitative estimate of drug-likeness (QED) is 0.902. The summed E-state index contributed by atoms with van der Waals surface area (Å²) in [5.74, 6) is 1.44. The van der Waals surface area contributed by atoms with E-state index in [0.717, 1.165) is 24.2 Å². The predicted octanol–water partition coefficient (Wildman–Crippen LogP) is 2.43. The van der Waals surface area contributed by atoms with E-state index in [0.29, 0.717) is 30.2 Å². The second-order valence-corrected chi connectivity index (χ2v) is 6.57. The highest BCUT2D eigenvalue weighted by Gasteiger charge is 2.31. The van der Waals surface area contributed by atoms with Crippen molar-refractivity contribution in [3.8, 4) is 11.5 Å². The first kappa shape index (κ1) is 17.5. The molecule has 0 spiro atoms. The van der Waals surface area contributed by atoms with Crippen molar-refractivity contribution in [1.29, 1.82) is 0 Å². The summed E-state index contributed by atoms with van der Waals surface area (Å²) in [6.45, 7) is 4.92. The number of aromatic nitrogens is 1. The number of carbonyl (C=O) groups is 1. The second kappa shape index (κ2) is 7.80. The number of fused-ring (bicyclic) bond motifs is 1. The molecule has 0 saturated carbocycles. The van der Waals surface area contributed by atoms with E-state index in [1.54, 1.807) is 6.20 Å². The fourth-order valence-corrected chi connectivity index (χ4v) is 3.58. The van der Waals surface area contributed by atoms with E-state index in [9.17, 15) is 4.79 Å². The van der Waals surface area contributed by atoms with E-state index >= 15 is 0 Å². The molecule has 27 heavy (non-hydrogen) atoms. The maximum absolute atomic E-state index is 13.3. The number of amides is 1. The summed E-state index contributed by atoms with van der Waals surface area (Å²) in [5.41, 5.74) is 2.57. The van der Waals surface area contributed by atoms with Gasteiger partial charge < -0.3 is 19.7 Å². The van der Waals surface area contributed by atoms with Gasteiger partial charge in [-0.1, -0.05) is 18.2 Å². The van der Waals surface area contributed by atoms with Crippen molar-refractivity contribution in [2.24, 2.45) is 0 Å². The van der Waals surface area contributed by atoms with Crippen molar-refractivity contribution in [3.05, 3.63) is 59.4 Å². The first-order valence-electron chi connectivity index (χ1n) is 9.28. The zero-order valence-electron chi connectivity index (χ0n) is 15.4. The van der Waals surface area contributed by atoms with Gasteiger partial charge in [-0.3, -0.25) is 9.78 Å². The Hall–Kier alpha value is -2.86. The number of ether oxygens (including phenoxy) is 2. The molecule has 0 radical (unpaired) electrons. The van der Waals surface area contributed by atoms with E-state index in [2.05, 4.69) is 10.3 Å². The zero-order valence-corrected chi connectivity index (χ0v) is 15.4. The summed E-state index contributed by atoms with van der Waals surface area (Å²) in [4.78, 5) is 19.4. The van der Waals surface area contributed by atoms with E-state index in [1.165, 1.54) is 0 Å². The number of rotatable bonds is 4. The van der Waals surface area contributed by atoms with E-state index in [1.807, 2.05) is 54.4 Å². The number of pyridine rings is 1. The molecule has 3 heterocycles. The van der Waals surface area contributed by atoms with Crippen LogP contribution in [0.1, 0.15) is 24.1 Å². The molecule has 1 N–H and O–H groups in total. The van der Waals surface area contributed by atoms with Crippen LogP contribution in [0.15, 0.2) is 48.3 Å². The van der Waals surface area contributed by atoms with Crippen LogP contribution in [0, 0.1) is 0 Å². The van der Waals surface area contributed by atoms with Gasteiger partial charge in [-0.2, -0.15) is 0 Å². The van der Waals surface area contributed by atoms with E-state index in [4.69, 9.17) is 9.47 Å². The fraction of sp³-hybridized carbons (Fsp3) is 0.333. The van der Waals surface area contributed by atoms with Crippen LogP contribution in [0.3, 0.4) is 0 Å². The van der Waals surface area contributed by atoms with Gasteiger partial charge in [-0.25, -0.2) is 0 Å². The molecular formula is C21H23N3O3. The topological polar surface area (TPSA) is 63.7 Å². The summed E-state index contributed by atoms with van der Waals surface area (Å²) in [6, 6.07) is 9.64. The van der Waals surface area contributed by atoms with Crippen molar-refractivity contribution in [1.82, 2.24) is 15.2 Å². The van der Waals surface area contributed by atoms with Crippen LogP contribution in [-0.2, 0) is 4.79 Å². The Morgan fingerprint density at radius 2 is 2.30 bits per heavy atom. The molecule has 6 heteroatoms. The van der Waals surface area contributed by atoms with Crippen LogP contribution in [0.5, 0.6) is 11.5 Å². The molecular weight excluding hydrogens is 342 g/mol. The zero-order chi connectivity index (χ0) is 18.6. The Labute approximate surface area is 158 Å². The Morgan fingerprint density at radius 1 is 1.37 bits per heavy atom. The molecule has 2 aliphatic heterocycles. The minimum Gasteiger partial charge on any atom is -0.490 e. The Balaban J connectivity index is 1.61. The smallest absolute Gasteiger partial charge is 0.253 e. The van der Waals surface area contributed by atoms with Crippen LogP contribution in [0.4, 0.5) is 0 Å². The molecule has 0 bridgehead atoms. The molecule has 1 aromatic heterocycles. The largest absolute Gasteiger partial charge is 0.490 e. The maximum atomic E-state index is 13.3. The van der Waals surface area contributed by atoms with Gasteiger partial charge in [-0.05, 0) is 30.7 Å². The monoisotopic (exact) mass is 365 g/mol. The van der Waals surface area contributed by atoms with Gasteiger partial charge in [0.05, 0.1) is 18.2 Å². The van der Waals surface area contributed by atoms with Gasteiger partial charge in [0.1, 0.15) is 6.61 Å². The van der Waals surface area contributed by atoms with Crippen molar-refractivity contribution in [2.75, 3.05) is 32.8 Å². The summed E-state index contributed by atoms with van der Waals surface area (Å²) >= 11 is 0. The number of para-hydroxylation sites is 1. The van der Waals surface area contributed by atoms with Gasteiger partial charge in [-0.15, -0.1) is 0 Å². The van der Waals surface area contributed by atoms with E-state index in [-0.39, 0.29) is 18.6 Å². The number of hydrogen-bond donors (Lipinski definition) is 1. The van der Waals surface area contributed by atoms with Crippen molar-refractivity contribution < 1.29 is 14.3 Å². The number of piperazine rings is 1. The standard InChI is InChI=1S/C21H23N3O3/c1-2-26-19-7-3-5-15-11-17(14-27-20(15)19)21(25)24-10-9-23-13-18(24)16-6-4-8-22-12-16/h3-8,11-12,18,23H,2,9-10,13-14H2,1H3. The SMILES string of the molecule is CCOc1cccc2c1OCC(C(=O)N1CCNCC1c1cccnc1)=C2. The molecule has 1 unspecified atom stereocenters. The number of nitrogens with zero attached hydrogens (tertiary/aromatic N) is 2. The van der Waals surface area contributed by atoms with Gasteiger partial charge in [0.15, 0.2) is 11.5 Å². The molecule has 1 fully saturated rings. The van der Waals surface area contributed by atoms with Crippen molar-refractivity contribution >= 4 is 12.0 Å². The highest BCUT2D eigenvalue weighted by atomic mass is 16.5. The lowest BCUT2D eigenvalue weighted by molar-refractivity contribution is -0.130. The molecule has 2 aromatic rings. The summed E-state index contributed by atoms with van der Waals surface area (Å²) in [6.07, 6.45) is 5.50.